The molecule has 118 valence electrons. The van der Waals surface area contributed by atoms with Gasteiger partial charge in [0.1, 0.15) is 0 Å². The third-order valence-corrected chi connectivity index (χ3v) is 4.44. The number of carbonyl (C=O) groups is 1. The highest BCUT2D eigenvalue weighted by Crippen LogP contribution is 2.31. The molecule has 1 atom stereocenters. The zero-order chi connectivity index (χ0) is 15.5. The van der Waals surface area contributed by atoms with E-state index in [1.807, 2.05) is 30.2 Å². The molecule has 1 amide bonds. The number of carbonyl (C=O) groups excluding carboxylic acids is 1. The molecule has 5 heteroatoms. The topological polar surface area (TPSA) is 54.5 Å². The molecule has 0 saturated heterocycles. The van der Waals surface area contributed by atoms with Gasteiger partial charge in [0.25, 0.3) is 0 Å². The van der Waals surface area contributed by atoms with Crippen molar-refractivity contribution in [3.05, 3.63) is 35.7 Å². The highest BCUT2D eigenvalue weighted by molar-refractivity contribution is 5.80. The molecule has 1 aliphatic heterocycles. The van der Waals surface area contributed by atoms with Crippen LogP contribution in [0.4, 0.5) is 0 Å². The fourth-order valence-electron chi connectivity index (χ4n) is 2.92. The van der Waals surface area contributed by atoms with Gasteiger partial charge in [0.2, 0.25) is 11.8 Å². The molecule has 1 aromatic rings. The van der Waals surface area contributed by atoms with Gasteiger partial charge in [-0.15, -0.1) is 0 Å². The largest absolute Gasteiger partial charge is 0.481 e. The Bertz CT molecular complexity index is 581. The average Bonchev–Trinajstić information content (AvgIpc) is 3.39. The predicted molar refractivity (Wildman–Crippen MR) is 84.3 cm³/mol. The molecule has 1 saturated carbocycles. The van der Waals surface area contributed by atoms with Crippen LogP contribution in [0.2, 0.25) is 0 Å². The van der Waals surface area contributed by atoms with Gasteiger partial charge in [-0.25, -0.2) is 4.98 Å². The smallest absolute Gasteiger partial charge is 0.228 e. The lowest BCUT2D eigenvalue weighted by atomic mass is 10.0. The van der Waals surface area contributed by atoms with Gasteiger partial charge in [0.05, 0.1) is 13.0 Å². The van der Waals surface area contributed by atoms with E-state index < -0.39 is 0 Å². The Morgan fingerprint density at radius 2 is 2.32 bits per heavy atom. The van der Waals surface area contributed by atoms with Gasteiger partial charge in [-0.2, -0.15) is 0 Å². The molecular formula is C17H23N3O2. The maximum absolute atomic E-state index is 12.9. The highest BCUT2D eigenvalue weighted by atomic mass is 16.5. The molecular weight excluding hydrogens is 278 g/mol. The van der Waals surface area contributed by atoms with E-state index in [2.05, 4.69) is 10.3 Å². The molecule has 5 nitrogen and oxygen atoms in total. The summed E-state index contributed by atoms with van der Waals surface area (Å²) in [4.78, 5) is 19.1. The minimum Gasteiger partial charge on any atom is -0.481 e. The van der Waals surface area contributed by atoms with Crippen molar-refractivity contribution in [1.82, 2.24) is 15.2 Å². The lowest BCUT2D eigenvalue weighted by Crippen LogP contribution is -2.41. The minimum atomic E-state index is 0.0506. The number of pyridine rings is 1. The van der Waals surface area contributed by atoms with Gasteiger partial charge < -0.3 is 15.0 Å². The standard InChI is InChI=1S/C17H23N3O2/c1-12-14(7-9-19-16(12)22-2)11-20(15-5-6-15)17(21)13-4-3-8-18-10-13/h3,7-9,13,15,18H,4-6,10-11H2,1-2H3. The van der Waals surface area contributed by atoms with Gasteiger partial charge >= 0.3 is 0 Å². The van der Waals surface area contributed by atoms with E-state index in [9.17, 15) is 4.79 Å². The first-order valence-corrected chi connectivity index (χ1v) is 7.88. The van der Waals surface area contributed by atoms with E-state index in [1.54, 1.807) is 13.3 Å². The molecule has 3 rings (SSSR count). The molecule has 1 fully saturated rings. The third kappa shape index (κ3) is 3.08. The van der Waals surface area contributed by atoms with E-state index in [4.69, 9.17) is 4.74 Å². The molecule has 2 heterocycles. The zero-order valence-corrected chi connectivity index (χ0v) is 13.2. The summed E-state index contributed by atoms with van der Waals surface area (Å²) in [5.41, 5.74) is 2.14. The fraction of sp³-hybridized carbons (Fsp3) is 0.529. The molecule has 0 aromatic carbocycles. The number of hydrogen-bond donors (Lipinski definition) is 1. The Morgan fingerprint density at radius 1 is 1.50 bits per heavy atom. The molecule has 2 aliphatic rings. The minimum absolute atomic E-state index is 0.0506. The van der Waals surface area contributed by atoms with Crippen LogP contribution in [0.5, 0.6) is 5.88 Å². The maximum atomic E-state index is 12.9. The Balaban J connectivity index is 1.77. The number of methoxy groups -OCH3 is 1. The summed E-state index contributed by atoms with van der Waals surface area (Å²) in [6.07, 6.45) is 8.78. The SMILES string of the molecule is COc1nccc(CN(C(=O)C2CC=CNC2)C2CC2)c1C. The van der Waals surface area contributed by atoms with E-state index in [-0.39, 0.29) is 11.8 Å². The van der Waals surface area contributed by atoms with Gasteiger partial charge in [0.15, 0.2) is 0 Å². The molecule has 1 aliphatic carbocycles. The Morgan fingerprint density at radius 3 is 2.95 bits per heavy atom. The van der Waals surface area contributed by atoms with Crippen LogP contribution in [0.3, 0.4) is 0 Å². The molecule has 22 heavy (non-hydrogen) atoms. The van der Waals surface area contributed by atoms with Crippen molar-refractivity contribution in [2.45, 2.75) is 38.8 Å². The van der Waals surface area contributed by atoms with Crippen LogP contribution in [-0.4, -0.2) is 35.5 Å². The number of rotatable bonds is 5. The lowest BCUT2D eigenvalue weighted by molar-refractivity contribution is -0.136. The molecule has 1 aromatic heterocycles. The van der Waals surface area contributed by atoms with Crippen LogP contribution in [0.15, 0.2) is 24.5 Å². The van der Waals surface area contributed by atoms with Crippen molar-refractivity contribution in [1.29, 1.82) is 0 Å². The first-order valence-electron chi connectivity index (χ1n) is 7.88. The monoisotopic (exact) mass is 301 g/mol. The zero-order valence-electron chi connectivity index (χ0n) is 13.2. The quantitative estimate of drug-likeness (QED) is 0.904. The van der Waals surface area contributed by atoms with E-state index >= 15 is 0 Å². The van der Waals surface area contributed by atoms with Crippen LogP contribution >= 0.6 is 0 Å². The van der Waals surface area contributed by atoms with Crippen molar-refractivity contribution in [3.8, 4) is 5.88 Å². The number of allylic oxidation sites excluding steroid dienone is 1. The number of hydrogen-bond acceptors (Lipinski definition) is 4. The van der Waals surface area contributed by atoms with Crippen LogP contribution in [0.25, 0.3) is 0 Å². The van der Waals surface area contributed by atoms with E-state index in [0.29, 0.717) is 18.5 Å². The second-order valence-corrected chi connectivity index (χ2v) is 6.04. The second-order valence-electron chi connectivity index (χ2n) is 6.04. The van der Waals surface area contributed by atoms with Crippen LogP contribution < -0.4 is 10.1 Å². The van der Waals surface area contributed by atoms with Gasteiger partial charge in [-0.3, -0.25) is 4.79 Å². The number of aromatic nitrogens is 1. The van der Waals surface area contributed by atoms with Crippen molar-refractivity contribution in [2.75, 3.05) is 13.7 Å². The first kappa shape index (κ1) is 14.9. The summed E-state index contributed by atoms with van der Waals surface area (Å²) in [5, 5.41) is 3.17. The molecule has 1 unspecified atom stereocenters. The van der Waals surface area contributed by atoms with Crippen molar-refractivity contribution >= 4 is 5.91 Å². The lowest BCUT2D eigenvalue weighted by Gasteiger charge is -2.29. The van der Waals surface area contributed by atoms with Crippen molar-refractivity contribution in [3.63, 3.8) is 0 Å². The molecule has 0 spiro atoms. The predicted octanol–water partition coefficient (Wildman–Crippen LogP) is 2.01. The van der Waals surface area contributed by atoms with Crippen LogP contribution in [0, 0.1) is 12.8 Å². The van der Waals surface area contributed by atoms with Gasteiger partial charge in [-0.05, 0) is 44.0 Å². The maximum Gasteiger partial charge on any atom is 0.228 e. The Kier molecular flexibility index (Phi) is 4.32. The van der Waals surface area contributed by atoms with Crippen molar-refractivity contribution < 1.29 is 9.53 Å². The second kappa shape index (κ2) is 6.38. The normalized spacial score (nSPS) is 20.4. The van der Waals surface area contributed by atoms with Crippen LogP contribution in [-0.2, 0) is 11.3 Å². The number of amides is 1. The number of ether oxygens (including phenoxy) is 1. The van der Waals surface area contributed by atoms with Gasteiger partial charge in [-0.1, -0.05) is 6.08 Å². The van der Waals surface area contributed by atoms with E-state index in [0.717, 1.165) is 36.9 Å². The molecule has 0 radical (unpaired) electrons. The summed E-state index contributed by atoms with van der Waals surface area (Å²) >= 11 is 0. The average molecular weight is 301 g/mol. The van der Waals surface area contributed by atoms with Crippen molar-refractivity contribution in [2.24, 2.45) is 5.92 Å². The third-order valence-electron chi connectivity index (χ3n) is 4.44. The summed E-state index contributed by atoms with van der Waals surface area (Å²) in [5.74, 6) is 0.951. The summed E-state index contributed by atoms with van der Waals surface area (Å²) in [6, 6.07) is 2.39. The summed E-state index contributed by atoms with van der Waals surface area (Å²) < 4.78 is 5.29. The summed E-state index contributed by atoms with van der Waals surface area (Å²) in [6.45, 7) is 3.38. The molecule has 1 N–H and O–H groups in total. The fourth-order valence-corrected chi connectivity index (χ4v) is 2.92. The first-order chi connectivity index (χ1) is 10.7. The number of nitrogens with one attached hydrogen (secondary N) is 1. The molecule has 0 bridgehead atoms. The summed E-state index contributed by atoms with van der Waals surface area (Å²) in [7, 11) is 1.63. The van der Waals surface area contributed by atoms with Gasteiger partial charge in [0, 0.05) is 30.9 Å². The number of nitrogens with zero attached hydrogens (tertiary/aromatic N) is 2. The Labute approximate surface area is 131 Å². The van der Waals surface area contributed by atoms with E-state index in [1.165, 1.54) is 0 Å². The Hall–Kier alpha value is -2.04. The highest BCUT2D eigenvalue weighted by Gasteiger charge is 2.36. The van der Waals surface area contributed by atoms with Crippen LogP contribution in [0.1, 0.15) is 30.4 Å².